The van der Waals surface area contributed by atoms with Crippen LogP contribution in [0.2, 0.25) is 0 Å². The van der Waals surface area contributed by atoms with E-state index in [2.05, 4.69) is 24.1 Å². The highest BCUT2D eigenvalue weighted by Crippen LogP contribution is 2.36. The minimum atomic E-state index is -0.682. The summed E-state index contributed by atoms with van der Waals surface area (Å²) in [6.45, 7) is 8.99. The molecule has 1 amide bonds. The molecule has 1 aromatic carbocycles. The van der Waals surface area contributed by atoms with Gasteiger partial charge in [0.25, 0.3) is 5.91 Å². The summed E-state index contributed by atoms with van der Waals surface area (Å²) < 4.78 is 12.0. The fourth-order valence-corrected chi connectivity index (χ4v) is 4.38. The molecule has 0 spiro atoms. The average Bonchev–Trinajstić information content (AvgIpc) is 3.21. The summed E-state index contributed by atoms with van der Waals surface area (Å²) in [5.41, 5.74) is 0.119. The summed E-state index contributed by atoms with van der Waals surface area (Å²) in [7, 11) is 0. The summed E-state index contributed by atoms with van der Waals surface area (Å²) in [6.07, 6.45) is 7.35. The smallest absolute Gasteiger partial charge is 0.256 e. The first-order valence-electron chi connectivity index (χ1n) is 11.0. The molecule has 2 atom stereocenters. The SMILES string of the molecule is CCCOC1(C(=O)Nc2ccc(OCCN3CCCC3)cc2)CCCC(C)C1. The fourth-order valence-electron chi connectivity index (χ4n) is 4.38. The molecule has 0 radical (unpaired) electrons. The number of hydrogen-bond acceptors (Lipinski definition) is 4. The maximum Gasteiger partial charge on any atom is 0.256 e. The van der Waals surface area contributed by atoms with E-state index in [1.807, 2.05) is 24.3 Å². The maximum atomic E-state index is 13.1. The van der Waals surface area contributed by atoms with Gasteiger partial charge in [-0.2, -0.15) is 0 Å². The zero-order valence-corrected chi connectivity index (χ0v) is 17.5. The Morgan fingerprint density at radius 1 is 1.18 bits per heavy atom. The molecule has 1 saturated carbocycles. The summed E-state index contributed by atoms with van der Waals surface area (Å²) in [5, 5.41) is 3.08. The van der Waals surface area contributed by atoms with E-state index in [9.17, 15) is 4.79 Å². The Balaban J connectivity index is 1.53. The van der Waals surface area contributed by atoms with Crippen LogP contribution in [0.4, 0.5) is 5.69 Å². The monoisotopic (exact) mass is 388 g/mol. The number of ether oxygens (including phenoxy) is 2. The number of rotatable bonds is 9. The van der Waals surface area contributed by atoms with Crippen LogP contribution in [0.1, 0.15) is 58.8 Å². The highest BCUT2D eigenvalue weighted by molar-refractivity contribution is 5.97. The van der Waals surface area contributed by atoms with Gasteiger partial charge >= 0.3 is 0 Å². The predicted molar refractivity (Wildman–Crippen MR) is 113 cm³/mol. The molecule has 0 aromatic heterocycles. The molecule has 2 fully saturated rings. The zero-order valence-electron chi connectivity index (χ0n) is 17.5. The second kappa shape index (κ2) is 10.3. The van der Waals surface area contributed by atoms with Crippen molar-refractivity contribution < 1.29 is 14.3 Å². The Hall–Kier alpha value is -1.59. The van der Waals surface area contributed by atoms with Crippen molar-refractivity contribution in [1.82, 2.24) is 4.90 Å². The number of benzene rings is 1. The van der Waals surface area contributed by atoms with Crippen LogP contribution in [0.15, 0.2) is 24.3 Å². The molecule has 1 heterocycles. The Morgan fingerprint density at radius 2 is 1.93 bits per heavy atom. The number of carbonyl (C=O) groups is 1. The summed E-state index contributed by atoms with van der Waals surface area (Å²) in [4.78, 5) is 15.5. The molecule has 2 aliphatic rings. The predicted octanol–water partition coefficient (Wildman–Crippen LogP) is 4.48. The maximum absolute atomic E-state index is 13.1. The number of nitrogens with zero attached hydrogens (tertiary/aromatic N) is 1. The van der Waals surface area contributed by atoms with Crippen molar-refractivity contribution in [3.63, 3.8) is 0 Å². The molecular formula is C23H36N2O3. The standard InChI is InChI=1S/C23H36N2O3/c1-3-16-28-23(12-6-7-19(2)18-23)22(26)24-20-8-10-21(11-9-20)27-17-15-25-13-4-5-14-25/h8-11,19H,3-7,12-18H2,1-2H3,(H,24,26). The van der Waals surface area contributed by atoms with Crippen molar-refractivity contribution in [3.05, 3.63) is 24.3 Å². The van der Waals surface area contributed by atoms with E-state index >= 15 is 0 Å². The lowest BCUT2D eigenvalue weighted by Crippen LogP contribution is -2.48. The lowest BCUT2D eigenvalue weighted by atomic mass is 9.78. The van der Waals surface area contributed by atoms with E-state index in [1.54, 1.807) is 0 Å². The molecule has 2 unspecified atom stereocenters. The van der Waals surface area contributed by atoms with Crippen molar-refractivity contribution in [3.8, 4) is 5.75 Å². The lowest BCUT2D eigenvalue weighted by Gasteiger charge is -2.38. The van der Waals surface area contributed by atoms with Gasteiger partial charge in [-0.15, -0.1) is 0 Å². The molecule has 1 aromatic rings. The van der Waals surface area contributed by atoms with E-state index in [4.69, 9.17) is 9.47 Å². The number of nitrogens with one attached hydrogen (secondary N) is 1. The van der Waals surface area contributed by atoms with Gasteiger partial charge in [0.1, 0.15) is 18.0 Å². The molecule has 3 rings (SSSR count). The average molecular weight is 389 g/mol. The first kappa shape index (κ1) is 21.1. The Bertz CT molecular complexity index is 613. The van der Waals surface area contributed by atoms with E-state index in [-0.39, 0.29) is 5.91 Å². The first-order chi connectivity index (χ1) is 13.6. The normalized spacial score (nSPS) is 25.6. The van der Waals surface area contributed by atoms with Gasteiger partial charge < -0.3 is 14.8 Å². The quantitative estimate of drug-likeness (QED) is 0.678. The number of carbonyl (C=O) groups excluding carboxylic acids is 1. The summed E-state index contributed by atoms with van der Waals surface area (Å²) in [6, 6.07) is 7.71. The Kier molecular flexibility index (Phi) is 7.74. The molecule has 5 nitrogen and oxygen atoms in total. The van der Waals surface area contributed by atoms with Crippen molar-refractivity contribution >= 4 is 11.6 Å². The van der Waals surface area contributed by atoms with Crippen molar-refractivity contribution in [1.29, 1.82) is 0 Å². The molecule has 28 heavy (non-hydrogen) atoms. The van der Waals surface area contributed by atoms with Crippen LogP contribution in [0, 0.1) is 5.92 Å². The van der Waals surface area contributed by atoms with E-state index in [0.717, 1.165) is 43.7 Å². The van der Waals surface area contributed by atoms with Gasteiger partial charge in [-0.1, -0.05) is 20.3 Å². The third-order valence-electron chi connectivity index (χ3n) is 5.94. The van der Waals surface area contributed by atoms with Crippen LogP contribution in [-0.4, -0.2) is 49.3 Å². The third kappa shape index (κ3) is 5.71. The number of likely N-dealkylation sites (tertiary alicyclic amines) is 1. The molecule has 1 aliphatic carbocycles. The van der Waals surface area contributed by atoms with Crippen LogP contribution >= 0.6 is 0 Å². The largest absolute Gasteiger partial charge is 0.492 e. The Morgan fingerprint density at radius 3 is 2.61 bits per heavy atom. The van der Waals surface area contributed by atoms with E-state index < -0.39 is 5.60 Å². The van der Waals surface area contributed by atoms with E-state index in [1.165, 1.54) is 32.4 Å². The topological polar surface area (TPSA) is 50.8 Å². The van der Waals surface area contributed by atoms with Crippen LogP contribution in [0.25, 0.3) is 0 Å². The molecule has 1 N–H and O–H groups in total. The van der Waals surface area contributed by atoms with Crippen molar-refractivity contribution in [2.24, 2.45) is 5.92 Å². The summed E-state index contributed by atoms with van der Waals surface area (Å²) in [5.74, 6) is 1.36. The molecule has 5 heteroatoms. The van der Waals surface area contributed by atoms with Gasteiger partial charge in [0, 0.05) is 18.8 Å². The van der Waals surface area contributed by atoms with Crippen LogP contribution < -0.4 is 10.1 Å². The highest BCUT2D eigenvalue weighted by Gasteiger charge is 2.42. The Labute approximate surface area is 169 Å². The fraction of sp³-hybridized carbons (Fsp3) is 0.696. The zero-order chi connectivity index (χ0) is 19.8. The minimum absolute atomic E-state index is 0.00444. The number of anilines is 1. The summed E-state index contributed by atoms with van der Waals surface area (Å²) >= 11 is 0. The van der Waals surface area contributed by atoms with Crippen LogP contribution in [-0.2, 0) is 9.53 Å². The lowest BCUT2D eigenvalue weighted by molar-refractivity contribution is -0.148. The number of amides is 1. The molecule has 1 saturated heterocycles. The number of hydrogen-bond donors (Lipinski definition) is 1. The van der Waals surface area contributed by atoms with Gasteiger partial charge in [-0.05, 0) is 81.8 Å². The molecule has 1 aliphatic heterocycles. The molecule has 0 bridgehead atoms. The highest BCUT2D eigenvalue weighted by atomic mass is 16.5. The molecular weight excluding hydrogens is 352 g/mol. The van der Waals surface area contributed by atoms with Gasteiger partial charge in [-0.3, -0.25) is 9.69 Å². The minimum Gasteiger partial charge on any atom is -0.492 e. The van der Waals surface area contributed by atoms with Gasteiger partial charge in [0.15, 0.2) is 0 Å². The second-order valence-electron chi connectivity index (χ2n) is 8.42. The third-order valence-corrected chi connectivity index (χ3v) is 5.94. The van der Waals surface area contributed by atoms with Gasteiger partial charge in [0.05, 0.1) is 0 Å². The van der Waals surface area contributed by atoms with Gasteiger partial charge in [-0.25, -0.2) is 0 Å². The van der Waals surface area contributed by atoms with Crippen LogP contribution in [0.3, 0.4) is 0 Å². The van der Waals surface area contributed by atoms with Crippen LogP contribution in [0.5, 0.6) is 5.75 Å². The van der Waals surface area contributed by atoms with Gasteiger partial charge in [0.2, 0.25) is 0 Å². The van der Waals surface area contributed by atoms with Crippen molar-refractivity contribution in [2.45, 2.75) is 64.4 Å². The second-order valence-corrected chi connectivity index (χ2v) is 8.42. The first-order valence-corrected chi connectivity index (χ1v) is 11.0. The van der Waals surface area contributed by atoms with E-state index in [0.29, 0.717) is 19.1 Å². The molecule has 156 valence electrons. The van der Waals surface area contributed by atoms with Crippen molar-refractivity contribution in [2.75, 3.05) is 38.2 Å².